The maximum Gasteiger partial charge on any atom is 0.203 e. The number of aromatic nitrogens is 1. The predicted octanol–water partition coefficient (Wildman–Crippen LogP) is 5.57. The summed E-state index contributed by atoms with van der Waals surface area (Å²) in [5, 5.41) is 7.95. The van der Waals surface area contributed by atoms with Crippen molar-refractivity contribution in [1.29, 1.82) is 0 Å². The van der Waals surface area contributed by atoms with Crippen molar-refractivity contribution in [1.82, 2.24) is 4.98 Å². The number of hydrogen-bond acceptors (Lipinski definition) is 5. The number of para-hydroxylation sites is 1. The summed E-state index contributed by atoms with van der Waals surface area (Å²) in [5.74, 6) is 0.760. The van der Waals surface area contributed by atoms with E-state index in [1.54, 1.807) is 25.5 Å². The van der Waals surface area contributed by atoms with Gasteiger partial charge in [-0.05, 0) is 30.3 Å². The maximum atomic E-state index is 6.21. The molecule has 0 fully saturated rings. The molecule has 0 aliphatic carbocycles. The van der Waals surface area contributed by atoms with E-state index in [9.17, 15) is 0 Å². The highest BCUT2D eigenvalue weighted by atomic mass is 35.5. The SMILES string of the molecule is COc1ccccc1C=NNc1nc(-c2ccc(Cl)cc2Cl)cs1. The molecule has 0 saturated heterocycles. The molecule has 1 heterocycles. The van der Waals surface area contributed by atoms with Crippen molar-refractivity contribution in [2.75, 3.05) is 12.5 Å². The van der Waals surface area contributed by atoms with Crippen molar-refractivity contribution in [2.24, 2.45) is 5.10 Å². The molecule has 7 heteroatoms. The quantitative estimate of drug-likeness (QED) is 0.466. The number of nitrogens with zero attached hydrogens (tertiary/aromatic N) is 2. The topological polar surface area (TPSA) is 46.5 Å². The Kier molecular flexibility index (Phi) is 5.35. The van der Waals surface area contributed by atoms with Crippen LogP contribution in [0.1, 0.15) is 5.56 Å². The molecule has 2 aromatic carbocycles. The minimum Gasteiger partial charge on any atom is -0.496 e. The van der Waals surface area contributed by atoms with Crippen LogP contribution in [-0.4, -0.2) is 18.3 Å². The standard InChI is InChI=1S/C17H13Cl2N3OS/c1-23-16-5-3-2-4-11(16)9-20-22-17-21-15(10-24-17)13-7-6-12(18)8-14(13)19/h2-10H,1H3,(H,21,22). The summed E-state index contributed by atoms with van der Waals surface area (Å²) >= 11 is 13.6. The van der Waals surface area contributed by atoms with Gasteiger partial charge in [-0.1, -0.05) is 35.3 Å². The highest BCUT2D eigenvalue weighted by Crippen LogP contribution is 2.32. The largest absolute Gasteiger partial charge is 0.496 e. The first-order valence-corrected chi connectivity index (χ1v) is 8.64. The van der Waals surface area contributed by atoms with Crippen molar-refractivity contribution in [3.8, 4) is 17.0 Å². The van der Waals surface area contributed by atoms with Crippen LogP contribution in [0.2, 0.25) is 10.0 Å². The summed E-state index contributed by atoms with van der Waals surface area (Å²) in [6.45, 7) is 0. The molecule has 4 nitrogen and oxygen atoms in total. The molecule has 0 saturated carbocycles. The number of halogens is 2. The first kappa shape index (κ1) is 16.8. The minimum atomic E-state index is 0.567. The normalized spacial score (nSPS) is 11.0. The lowest BCUT2D eigenvalue weighted by molar-refractivity contribution is 0.414. The summed E-state index contributed by atoms with van der Waals surface area (Å²) < 4.78 is 5.28. The van der Waals surface area contributed by atoms with Gasteiger partial charge in [0.2, 0.25) is 5.13 Å². The van der Waals surface area contributed by atoms with Crippen LogP contribution < -0.4 is 10.2 Å². The Bertz CT molecular complexity index is 880. The summed E-state index contributed by atoms with van der Waals surface area (Å²) in [5.41, 5.74) is 5.40. The second-order valence-corrected chi connectivity index (χ2v) is 6.48. The number of ether oxygens (including phenoxy) is 1. The zero-order chi connectivity index (χ0) is 16.9. The molecule has 24 heavy (non-hydrogen) atoms. The van der Waals surface area contributed by atoms with Gasteiger partial charge in [-0.2, -0.15) is 5.10 Å². The van der Waals surface area contributed by atoms with Crippen LogP contribution in [-0.2, 0) is 0 Å². The number of benzene rings is 2. The van der Waals surface area contributed by atoms with Crippen LogP contribution in [0.25, 0.3) is 11.3 Å². The van der Waals surface area contributed by atoms with Crippen molar-refractivity contribution >= 4 is 45.9 Å². The fraction of sp³-hybridized carbons (Fsp3) is 0.0588. The van der Waals surface area contributed by atoms with Crippen molar-refractivity contribution in [2.45, 2.75) is 0 Å². The average molecular weight is 378 g/mol. The van der Waals surface area contributed by atoms with Gasteiger partial charge in [0.05, 0.1) is 24.0 Å². The van der Waals surface area contributed by atoms with E-state index in [-0.39, 0.29) is 0 Å². The van der Waals surface area contributed by atoms with E-state index in [2.05, 4.69) is 15.5 Å². The number of rotatable bonds is 5. The second-order valence-electron chi connectivity index (χ2n) is 4.77. The molecule has 3 aromatic rings. The third-order valence-corrected chi connectivity index (χ3v) is 4.51. The van der Waals surface area contributed by atoms with Crippen LogP contribution in [0.5, 0.6) is 5.75 Å². The second kappa shape index (κ2) is 7.66. The molecule has 0 spiro atoms. The highest BCUT2D eigenvalue weighted by molar-refractivity contribution is 7.14. The Hall–Kier alpha value is -2.08. The van der Waals surface area contributed by atoms with Gasteiger partial charge < -0.3 is 4.74 Å². The van der Waals surface area contributed by atoms with E-state index >= 15 is 0 Å². The Balaban J connectivity index is 1.73. The van der Waals surface area contributed by atoms with Gasteiger partial charge >= 0.3 is 0 Å². The third-order valence-electron chi connectivity index (χ3n) is 3.21. The molecular formula is C17H13Cl2N3OS. The zero-order valence-electron chi connectivity index (χ0n) is 12.7. The number of hydrogen-bond donors (Lipinski definition) is 1. The lowest BCUT2D eigenvalue weighted by atomic mass is 10.2. The molecule has 0 unspecified atom stereocenters. The van der Waals surface area contributed by atoms with Crippen LogP contribution in [0, 0.1) is 0 Å². The Morgan fingerprint density at radius 3 is 2.83 bits per heavy atom. The van der Waals surface area contributed by atoms with Crippen LogP contribution in [0.15, 0.2) is 52.9 Å². The molecule has 0 bridgehead atoms. The molecule has 0 aliphatic rings. The zero-order valence-corrected chi connectivity index (χ0v) is 15.0. The van der Waals surface area contributed by atoms with Crippen LogP contribution in [0.3, 0.4) is 0 Å². The predicted molar refractivity (Wildman–Crippen MR) is 102 cm³/mol. The first-order valence-electron chi connectivity index (χ1n) is 7.00. The van der Waals surface area contributed by atoms with Crippen LogP contribution >= 0.6 is 34.5 Å². The summed E-state index contributed by atoms with van der Waals surface area (Å²) in [6, 6.07) is 13.0. The minimum absolute atomic E-state index is 0.567. The smallest absolute Gasteiger partial charge is 0.203 e. The van der Waals surface area contributed by atoms with Crippen molar-refractivity contribution in [3.63, 3.8) is 0 Å². The molecule has 0 aliphatic heterocycles. The molecule has 0 amide bonds. The number of thiazole rings is 1. The van der Waals surface area contributed by atoms with Gasteiger partial charge in [0, 0.05) is 21.5 Å². The van der Waals surface area contributed by atoms with Gasteiger partial charge in [0.25, 0.3) is 0 Å². The number of hydrazone groups is 1. The van der Waals surface area contributed by atoms with Gasteiger partial charge in [-0.15, -0.1) is 11.3 Å². The van der Waals surface area contributed by atoms with Crippen molar-refractivity contribution in [3.05, 3.63) is 63.5 Å². The summed E-state index contributed by atoms with van der Waals surface area (Å²) in [7, 11) is 1.63. The fourth-order valence-electron chi connectivity index (χ4n) is 2.08. The molecule has 0 atom stereocenters. The van der Waals surface area contributed by atoms with E-state index in [4.69, 9.17) is 27.9 Å². The molecule has 3 rings (SSSR count). The average Bonchev–Trinajstić information content (AvgIpc) is 3.04. The first-order chi connectivity index (χ1) is 11.7. The van der Waals surface area contributed by atoms with Crippen molar-refractivity contribution < 1.29 is 4.74 Å². The van der Waals surface area contributed by atoms with Gasteiger partial charge in [-0.25, -0.2) is 4.98 Å². The molecule has 122 valence electrons. The summed E-state index contributed by atoms with van der Waals surface area (Å²) in [6.07, 6.45) is 1.69. The number of nitrogens with one attached hydrogen (secondary N) is 1. The van der Waals surface area contributed by atoms with E-state index in [1.165, 1.54) is 11.3 Å². The van der Waals surface area contributed by atoms with Crippen LogP contribution in [0.4, 0.5) is 5.13 Å². The molecular weight excluding hydrogens is 365 g/mol. The molecule has 1 N–H and O–H groups in total. The fourth-order valence-corrected chi connectivity index (χ4v) is 3.24. The summed E-state index contributed by atoms with van der Waals surface area (Å²) in [4.78, 5) is 4.48. The number of methoxy groups -OCH3 is 1. The van der Waals surface area contributed by atoms with E-state index in [0.29, 0.717) is 15.2 Å². The lowest BCUT2D eigenvalue weighted by Crippen LogP contribution is -1.93. The highest BCUT2D eigenvalue weighted by Gasteiger charge is 2.08. The maximum absolute atomic E-state index is 6.21. The van der Waals surface area contributed by atoms with E-state index in [0.717, 1.165) is 22.6 Å². The molecule has 0 radical (unpaired) electrons. The Morgan fingerprint density at radius 2 is 2.04 bits per heavy atom. The monoisotopic (exact) mass is 377 g/mol. The van der Waals surface area contributed by atoms with E-state index < -0.39 is 0 Å². The lowest BCUT2D eigenvalue weighted by Gasteiger charge is -2.02. The molecule has 1 aromatic heterocycles. The third kappa shape index (κ3) is 3.87. The van der Waals surface area contributed by atoms with Gasteiger partial charge in [0.1, 0.15) is 5.75 Å². The Labute approximate surface area is 153 Å². The van der Waals surface area contributed by atoms with E-state index in [1.807, 2.05) is 35.7 Å². The van der Waals surface area contributed by atoms with Gasteiger partial charge in [-0.3, -0.25) is 5.43 Å². The number of anilines is 1. The van der Waals surface area contributed by atoms with Gasteiger partial charge in [0.15, 0.2) is 0 Å². The Morgan fingerprint density at radius 1 is 1.21 bits per heavy atom.